The van der Waals surface area contributed by atoms with Crippen LogP contribution in [-0.2, 0) is 6.54 Å². The van der Waals surface area contributed by atoms with Crippen LogP contribution in [0.1, 0.15) is 5.56 Å². The van der Waals surface area contributed by atoms with Gasteiger partial charge in [0.1, 0.15) is 0 Å². The minimum absolute atomic E-state index is 0.0524. The van der Waals surface area contributed by atoms with Crippen molar-refractivity contribution in [2.45, 2.75) is 6.54 Å². The molecule has 0 spiro atoms. The van der Waals surface area contributed by atoms with Crippen molar-refractivity contribution in [3.63, 3.8) is 0 Å². The van der Waals surface area contributed by atoms with E-state index < -0.39 is 4.92 Å². The third-order valence-corrected chi connectivity index (χ3v) is 4.96. The molecule has 0 atom stereocenters. The molecule has 2 heterocycles. The van der Waals surface area contributed by atoms with Crippen molar-refractivity contribution >= 4 is 17.2 Å². The number of benzene rings is 2. The number of nitrogens with zero attached hydrogens (tertiary/aromatic N) is 5. The predicted molar refractivity (Wildman–Crippen MR) is 107 cm³/mol. The molecule has 2 aromatic carbocycles. The first-order valence-electron chi connectivity index (χ1n) is 8.51. The maximum Gasteiger partial charge on any atom is 0.269 e. The number of pyridine rings is 1. The number of nitro groups is 1. The molecule has 8 heteroatoms. The van der Waals surface area contributed by atoms with Gasteiger partial charge in [0.25, 0.3) is 5.69 Å². The molecule has 0 saturated carbocycles. The lowest BCUT2D eigenvalue weighted by atomic mass is 10.2. The van der Waals surface area contributed by atoms with Crippen LogP contribution in [0.4, 0.5) is 5.69 Å². The molecule has 0 aliphatic carbocycles. The molecule has 4 aromatic rings. The van der Waals surface area contributed by atoms with Crippen LogP contribution in [0.25, 0.3) is 17.1 Å². The molecular weight excluding hydrogens is 374 g/mol. The molecule has 0 saturated heterocycles. The van der Waals surface area contributed by atoms with Gasteiger partial charge in [-0.3, -0.25) is 20.1 Å². The fourth-order valence-corrected chi connectivity index (χ4v) is 3.52. The van der Waals surface area contributed by atoms with Crippen LogP contribution in [0.15, 0.2) is 84.1 Å². The van der Waals surface area contributed by atoms with E-state index in [1.807, 2.05) is 46.4 Å². The monoisotopic (exact) mass is 389 g/mol. The summed E-state index contributed by atoms with van der Waals surface area (Å²) in [6.07, 6.45) is 3.50. The average Bonchev–Trinajstić information content (AvgIpc) is 3.18. The maximum absolute atomic E-state index is 10.9. The Hall–Kier alpha value is -3.65. The quantitative estimate of drug-likeness (QED) is 0.381. The molecule has 4 rings (SSSR count). The second kappa shape index (κ2) is 7.93. The molecule has 0 fully saturated rings. The summed E-state index contributed by atoms with van der Waals surface area (Å²) in [6.45, 7) is 0.482. The summed E-state index contributed by atoms with van der Waals surface area (Å²) in [6, 6.07) is 20.0. The van der Waals surface area contributed by atoms with Gasteiger partial charge in [-0.05, 0) is 35.3 Å². The van der Waals surface area contributed by atoms with Crippen molar-refractivity contribution in [2.75, 3.05) is 0 Å². The van der Waals surface area contributed by atoms with Gasteiger partial charge in [0.15, 0.2) is 5.82 Å². The van der Waals surface area contributed by atoms with Crippen LogP contribution in [0.3, 0.4) is 0 Å². The Morgan fingerprint density at radius 2 is 1.82 bits per heavy atom. The van der Waals surface area contributed by atoms with E-state index in [4.69, 9.17) is 0 Å². The van der Waals surface area contributed by atoms with E-state index in [9.17, 15) is 10.1 Å². The van der Waals surface area contributed by atoms with E-state index in [-0.39, 0.29) is 5.69 Å². The number of nitro benzene ring substituents is 1. The lowest BCUT2D eigenvalue weighted by Gasteiger charge is -2.06. The number of aromatic nitrogens is 3. The first kappa shape index (κ1) is 17.7. The molecule has 0 unspecified atom stereocenters. The highest BCUT2D eigenvalue weighted by Crippen LogP contribution is 2.23. The van der Waals surface area contributed by atoms with Gasteiger partial charge in [-0.15, -0.1) is 0 Å². The first-order chi connectivity index (χ1) is 13.7. The molecule has 138 valence electrons. The van der Waals surface area contributed by atoms with Crippen LogP contribution in [-0.4, -0.2) is 18.8 Å². The van der Waals surface area contributed by atoms with Crippen molar-refractivity contribution in [3.05, 3.63) is 99.6 Å². The smallest absolute Gasteiger partial charge is 0.264 e. The molecule has 0 aliphatic heterocycles. The van der Waals surface area contributed by atoms with Gasteiger partial charge >= 0.3 is 0 Å². The zero-order valence-electron chi connectivity index (χ0n) is 14.7. The lowest BCUT2D eigenvalue weighted by Crippen LogP contribution is -1.99. The molecule has 0 amide bonds. The van der Waals surface area contributed by atoms with E-state index in [1.54, 1.807) is 24.5 Å². The van der Waals surface area contributed by atoms with Crippen molar-refractivity contribution < 1.29 is 4.92 Å². The van der Waals surface area contributed by atoms with Crippen molar-refractivity contribution in [1.29, 1.82) is 0 Å². The molecule has 2 aromatic heterocycles. The third kappa shape index (κ3) is 3.86. The Morgan fingerprint density at radius 3 is 2.50 bits per heavy atom. The van der Waals surface area contributed by atoms with Gasteiger partial charge < -0.3 is 0 Å². The average molecular weight is 389 g/mol. The number of non-ortho nitro benzene ring substituents is 1. The summed E-state index contributed by atoms with van der Waals surface area (Å²) >= 11 is 1.39. The Kier molecular flexibility index (Phi) is 5.03. The van der Waals surface area contributed by atoms with Gasteiger partial charge in [-0.2, -0.15) is 4.98 Å². The van der Waals surface area contributed by atoms with E-state index in [0.717, 1.165) is 22.6 Å². The number of hydrogen-bond donors (Lipinski definition) is 0. The van der Waals surface area contributed by atoms with E-state index >= 15 is 0 Å². The maximum atomic E-state index is 10.9. The minimum atomic E-state index is -0.409. The number of hydrogen-bond acceptors (Lipinski definition) is 6. The summed E-state index contributed by atoms with van der Waals surface area (Å²) in [5.74, 6) is 0.740. The largest absolute Gasteiger partial charge is 0.269 e. The van der Waals surface area contributed by atoms with Crippen LogP contribution in [0.2, 0.25) is 0 Å². The summed E-state index contributed by atoms with van der Waals surface area (Å²) in [4.78, 5) is 24.5. The zero-order valence-corrected chi connectivity index (χ0v) is 15.5. The lowest BCUT2D eigenvalue weighted by molar-refractivity contribution is -0.384. The van der Waals surface area contributed by atoms with Crippen molar-refractivity contribution in [1.82, 2.24) is 13.9 Å². The highest BCUT2D eigenvalue weighted by atomic mass is 32.1. The number of rotatable bonds is 5. The molecule has 7 nitrogen and oxygen atoms in total. The SMILES string of the molecule is O=[N+]([O-])c1ccc(-n2s/c(=N\Cc3cccnc3)nc2-c2ccccc2)cc1. The van der Waals surface area contributed by atoms with Crippen molar-refractivity contribution in [2.24, 2.45) is 4.99 Å². The summed E-state index contributed by atoms with van der Waals surface area (Å²) < 4.78 is 1.93. The Bertz CT molecular complexity index is 1150. The molecule has 0 aliphatic rings. The van der Waals surface area contributed by atoms with Crippen LogP contribution in [0, 0.1) is 10.1 Å². The van der Waals surface area contributed by atoms with Gasteiger partial charge in [-0.25, -0.2) is 3.96 Å². The highest BCUT2D eigenvalue weighted by molar-refractivity contribution is 7.04. The fourth-order valence-electron chi connectivity index (χ4n) is 2.65. The molecule has 0 N–H and O–H groups in total. The normalized spacial score (nSPS) is 11.5. The third-order valence-electron chi connectivity index (χ3n) is 4.01. The molecular formula is C20H15N5O2S. The summed E-state index contributed by atoms with van der Waals surface area (Å²) in [5.41, 5.74) is 2.79. The van der Waals surface area contributed by atoms with E-state index in [1.165, 1.54) is 23.7 Å². The van der Waals surface area contributed by atoms with Gasteiger partial charge in [0, 0.05) is 30.1 Å². The van der Waals surface area contributed by atoms with Crippen LogP contribution < -0.4 is 4.80 Å². The first-order valence-corrected chi connectivity index (χ1v) is 9.28. The predicted octanol–water partition coefficient (Wildman–Crippen LogP) is 4.00. The van der Waals surface area contributed by atoms with Crippen molar-refractivity contribution in [3.8, 4) is 17.1 Å². The zero-order chi connectivity index (χ0) is 19.3. The highest BCUT2D eigenvalue weighted by Gasteiger charge is 2.12. The molecule has 28 heavy (non-hydrogen) atoms. The summed E-state index contributed by atoms with van der Waals surface area (Å²) in [7, 11) is 0. The fraction of sp³-hybridized carbons (Fsp3) is 0.0500. The second-order valence-electron chi connectivity index (χ2n) is 5.92. The summed E-state index contributed by atoms with van der Waals surface area (Å²) in [5, 5.41) is 10.9. The Morgan fingerprint density at radius 1 is 1.04 bits per heavy atom. The second-order valence-corrected chi connectivity index (χ2v) is 6.83. The van der Waals surface area contributed by atoms with E-state index in [2.05, 4.69) is 15.0 Å². The molecule has 0 radical (unpaired) electrons. The standard InChI is InChI=1S/C20H15N5O2S/c26-25(27)18-10-8-17(9-11-18)24-19(16-6-2-1-3-7-16)23-20(28-24)22-14-15-5-4-12-21-13-15/h1-13H,14H2/b22-20-. The van der Waals surface area contributed by atoms with Crippen LogP contribution in [0.5, 0.6) is 0 Å². The molecule has 0 bridgehead atoms. The van der Waals surface area contributed by atoms with E-state index in [0.29, 0.717) is 11.3 Å². The Labute approximate surface area is 164 Å². The van der Waals surface area contributed by atoms with Gasteiger partial charge in [0.05, 0.1) is 17.2 Å². The van der Waals surface area contributed by atoms with Crippen LogP contribution >= 0.6 is 11.5 Å². The minimum Gasteiger partial charge on any atom is -0.264 e. The van der Waals surface area contributed by atoms with Gasteiger partial charge in [-0.1, -0.05) is 36.4 Å². The van der Waals surface area contributed by atoms with Gasteiger partial charge in [0.2, 0.25) is 4.80 Å². The Balaban J connectivity index is 1.77. The topological polar surface area (TPSA) is 86.2 Å².